The maximum atomic E-state index is 13.7. The topological polar surface area (TPSA) is 20.2 Å². The molecule has 1 nitrogen and oxygen atoms in total. The summed E-state index contributed by atoms with van der Waals surface area (Å²) in [6, 6.07) is 0.278. The highest BCUT2D eigenvalue weighted by atomic mass is 79.9. The molecular weight excluding hydrogens is 411 g/mol. The maximum Gasteiger partial charge on any atom is 0.453 e. The molecule has 1 aromatic rings. The van der Waals surface area contributed by atoms with Crippen LogP contribution in [-0.2, 0) is 6.42 Å². The minimum Gasteiger partial charge on any atom is -0.505 e. The first-order chi connectivity index (χ1) is 10.1. The molecule has 11 heteroatoms. The van der Waals surface area contributed by atoms with Crippen molar-refractivity contribution in [2.75, 3.05) is 0 Å². The molecule has 0 saturated heterocycles. The summed E-state index contributed by atoms with van der Waals surface area (Å²) in [5.74, 6) is -11.0. The van der Waals surface area contributed by atoms with E-state index in [4.69, 9.17) is 0 Å². The first-order valence-corrected chi connectivity index (χ1v) is 6.60. The summed E-state index contributed by atoms with van der Waals surface area (Å²) in [6.07, 6.45) is -13.0. The van der Waals surface area contributed by atoms with Crippen molar-refractivity contribution in [3.8, 4) is 5.75 Å². The molecular formula is C12H8BrF9O. The van der Waals surface area contributed by atoms with Gasteiger partial charge in [0.15, 0.2) is 11.6 Å². The third-order valence-electron chi connectivity index (χ3n) is 3.07. The van der Waals surface area contributed by atoms with Gasteiger partial charge < -0.3 is 5.11 Å². The SMILES string of the molecule is CC(c1cc(CC(F)(F)C(F)(F)F)c(Br)c(F)c1O)C(F)(F)F. The van der Waals surface area contributed by atoms with Crippen molar-refractivity contribution < 1.29 is 44.6 Å². The lowest BCUT2D eigenvalue weighted by molar-refractivity contribution is -0.281. The number of hydrogen-bond acceptors (Lipinski definition) is 1. The molecule has 0 aliphatic carbocycles. The van der Waals surface area contributed by atoms with Crippen LogP contribution in [0, 0.1) is 5.82 Å². The molecule has 0 radical (unpaired) electrons. The number of benzene rings is 1. The molecule has 1 atom stereocenters. The van der Waals surface area contributed by atoms with E-state index in [1.54, 1.807) is 0 Å². The molecule has 0 aliphatic rings. The average Bonchev–Trinajstić information content (AvgIpc) is 2.36. The number of phenolic OH excluding ortho intramolecular Hbond substituents is 1. The van der Waals surface area contributed by atoms with Crippen molar-refractivity contribution >= 4 is 15.9 Å². The second kappa shape index (κ2) is 6.06. The Bertz CT molecular complexity index is 592. The zero-order chi connectivity index (χ0) is 18.4. The molecule has 0 aromatic heterocycles. The fraction of sp³-hybridized carbons (Fsp3) is 0.500. The molecule has 0 spiro atoms. The summed E-state index contributed by atoms with van der Waals surface area (Å²) in [7, 11) is 0. The Hall–Kier alpha value is -1.13. The van der Waals surface area contributed by atoms with Crippen molar-refractivity contribution in [2.24, 2.45) is 0 Å². The van der Waals surface area contributed by atoms with Gasteiger partial charge in [0.25, 0.3) is 0 Å². The van der Waals surface area contributed by atoms with E-state index in [2.05, 4.69) is 15.9 Å². The molecule has 0 fully saturated rings. The molecule has 132 valence electrons. The van der Waals surface area contributed by atoms with Gasteiger partial charge in [0.2, 0.25) is 0 Å². The van der Waals surface area contributed by atoms with Crippen LogP contribution in [0.3, 0.4) is 0 Å². The van der Waals surface area contributed by atoms with Gasteiger partial charge in [-0.05, 0) is 34.5 Å². The summed E-state index contributed by atoms with van der Waals surface area (Å²) in [5, 5.41) is 9.38. The molecule has 0 amide bonds. The van der Waals surface area contributed by atoms with Crippen LogP contribution in [0.2, 0.25) is 0 Å². The zero-order valence-corrected chi connectivity index (χ0v) is 12.7. The highest BCUT2D eigenvalue weighted by Gasteiger charge is 2.57. The van der Waals surface area contributed by atoms with Crippen LogP contribution < -0.4 is 0 Å². The average molecular weight is 419 g/mol. The molecule has 0 heterocycles. The fourth-order valence-electron chi connectivity index (χ4n) is 1.67. The van der Waals surface area contributed by atoms with Crippen LogP contribution in [0.5, 0.6) is 5.75 Å². The summed E-state index contributed by atoms with van der Waals surface area (Å²) in [5.41, 5.74) is -2.18. The van der Waals surface area contributed by atoms with E-state index >= 15 is 0 Å². The van der Waals surface area contributed by atoms with Gasteiger partial charge in [0, 0.05) is 12.0 Å². The number of alkyl halides is 8. The summed E-state index contributed by atoms with van der Waals surface area (Å²) < 4.78 is 113. The Morgan fingerprint density at radius 1 is 1.09 bits per heavy atom. The van der Waals surface area contributed by atoms with Crippen LogP contribution >= 0.6 is 15.9 Å². The largest absolute Gasteiger partial charge is 0.505 e. The second-order valence-electron chi connectivity index (χ2n) is 4.74. The van der Waals surface area contributed by atoms with Crippen molar-refractivity contribution in [1.82, 2.24) is 0 Å². The minimum absolute atomic E-state index is 0.278. The van der Waals surface area contributed by atoms with E-state index in [0.29, 0.717) is 6.92 Å². The zero-order valence-electron chi connectivity index (χ0n) is 11.1. The Kier molecular flexibility index (Phi) is 5.25. The van der Waals surface area contributed by atoms with Crippen molar-refractivity contribution in [1.29, 1.82) is 0 Å². The van der Waals surface area contributed by atoms with E-state index in [1.807, 2.05) is 0 Å². The fourth-order valence-corrected chi connectivity index (χ4v) is 2.11. The van der Waals surface area contributed by atoms with Crippen LogP contribution in [0.4, 0.5) is 39.5 Å². The lowest BCUT2D eigenvalue weighted by atomic mass is 9.95. The number of hydrogen-bond donors (Lipinski definition) is 1. The predicted octanol–water partition coefficient (Wildman–Crippen LogP) is 5.70. The predicted molar refractivity (Wildman–Crippen MR) is 64.9 cm³/mol. The maximum absolute atomic E-state index is 13.7. The lowest BCUT2D eigenvalue weighted by Gasteiger charge is -2.23. The quantitative estimate of drug-likeness (QED) is 0.624. The highest BCUT2D eigenvalue weighted by Crippen LogP contribution is 2.45. The van der Waals surface area contributed by atoms with Crippen LogP contribution in [0.1, 0.15) is 24.0 Å². The van der Waals surface area contributed by atoms with E-state index in [0.717, 1.165) is 0 Å². The van der Waals surface area contributed by atoms with Gasteiger partial charge in [-0.3, -0.25) is 0 Å². The van der Waals surface area contributed by atoms with Crippen LogP contribution in [0.25, 0.3) is 0 Å². The third kappa shape index (κ3) is 4.04. The lowest BCUT2D eigenvalue weighted by Crippen LogP contribution is -2.38. The molecule has 23 heavy (non-hydrogen) atoms. The van der Waals surface area contributed by atoms with Gasteiger partial charge >= 0.3 is 18.3 Å². The summed E-state index contributed by atoms with van der Waals surface area (Å²) in [6.45, 7) is 0.508. The van der Waals surface area contributed by atoms with Crippen LogP contribution in [-0.4, -0.2) is 23.4 Å². The Morgan fingerprint density at radius 2 is 1.57 bits per heavy atom. The first-order valence-electron chi connectivity index (χ1n) is 5.80. The molecule has 0 bridgehead atoms. The van der Waals surface area contributed by atoms with Gasteiger partial charge in [0.1, 0.15) is 0 Å². The Morgan fingerprint density at radius 3 is 1.96 bits per heavy atom. The van der Waals surface area contributed by atoms with Crippen molar-refractivity contribution in [3.05, 3.63) is 27.5 Å². The van der Waals surface area contributed by atoms with Gasteiger partial charge in [-0.1, -0.05) is 0 Å². The number of halogens is 10. The highest BCUT2D eigenvalue weighted by molar-refractivity contribution is 9.10. The molecule has 1 rings (SSSR count). The Balaban J connectivity index is 3.44. The monoisotopic (exact) mass is 418 g/mol. The molecule has 1 unspecified atom stereocenters. The molecule has 0 saturated carbocycles. The second-order valence-corrected chi connectivity index (χ2v) is 5.54. The summed E-state index contributed by atoms with van der Waals surface area (Å²) >= 11 is 2.37. The van der Waals surface area contributed by atoms with Crippen molar-refractivity contribution in [3.63, 3.8) is 0 Å². The van der Waals surface area contributed by atoms with E-state index in [1.165, 1.54) is 0 Å². The third-order valence-corrected chi connectivity index (χ3v) is 3.93. The van der Waals surface area contributed by atoms with E-state index in [9.17, 15) is 44.6 Å². The van der Waals surface area contributed by atoms with Gasteiger partial charge in [-0.2, -0.15) is 35.1 Å². The van der Waals surface area contributed by atoms with E-state index < -0.39 is 57.8 Å². The molecule has 1 N–H and O–H groups in total. The van der Waals surface area contributed by atoms with Crippen LogP contribution in [0.15, 0.2) is 10.5 Å². The van der Waals surface area contributed by atoms with Gasteiger partial charge in [0.05, 0.1) is 10.4 Å². The standard InChI is InChI=1S/C12H8BrF9O/c1-4(11(17,18)19)6-2-5(7(13)8(14)9(6)23)3-10(15,16)12(20,21)22/h2,4,23H,3H2,1H3. The molecule has 1 aromatic carbocycles. The first kappa shape index (κ1) is 19.9. The van der Waals surface area contributed by atoms with Gasteiger partial charge in [-0.15, -0.1) is 0 Å². The van der Waals surface area contributed by atoms with E-state index in [-0.39, 0.29) is 6.07 Å². The molecule has 0 aliphatic heterocycles. The normalized spacial score (nSPS) is 14.9. The van der Waals surface area contributed by atoms with Gasteiger partial charge in [-0.25, -0.2) is 4.39 Å². The smallest absolute Gasteiger partial charge is 0.453 e. The Labute approximate surface area is 132 Å². The number of aromatic hydroxyl groups is 1. The minimum atomic E-state index is -5.96. The summed E-state index contributed by atoms with van der Waals surface area (Å²) in [4.78, 5) is 0. The number of phenols is 1. The number of rotatable bonds is 3. The van der Waals surface area contributed by atoms with Crippen molar-refractivity contribution in [2.45, 2.75) is 37.5 Å².